The fraction of sp³-hybridized carbons (Fsp3) is 0.219. The van der Waals surface area contributed by atoms with Gasteiger partial charge in [-0.15, -0.1) is 0 Å². The third kappa shape index (κ3) is 6.82. The Bertz CT molecular complexity index is 1920. The number of hydrogen-bond donors (Lipinski definition) is 0. The first-order valence-corrected chi connectivity index (χ1v) is 16.1. The van der Waals surface area contributed by atoms with Crippen molar-refractivity contribution in [2.45, 2.75) is 39.5 Å². The average Bonchev–Trinajstić information content (AvgIpc) is 3.26. The van der Waals surface area contributed by atoms with Crippen molar-refractivity contribution >= 4 is 66.8 Å². The number of fused-ring (bicyclic) bond motifs is 1. The molecule has 0 N–H and O–H groups in total. The number of methoxy groups -OCH3 is 1. The van der Waals surface area contributed by atoms with Gasteiger partial charge in [0, 0.05) is 15.1 Å². The van der Waals surface area contributed by atoms with Gasteiger partial charge in [0.2, 0.25) is 0 Å². The normalized spacial score (nSPS) is 14.9. The largest absolute Gasteiger partial charge is 0.496 e. The molecule has 222 valence electrons. The third-order valence-corrected chi connectivity index (χ3v) is 8.98. The minimum absolute atomic E-state index is 0.280. The van der Waals surface area contributed by atoms with Crippen LogP contribution < -0.4 is 24.4 Å². The van der Waals surface area contributed by atoms with Crippen molar-refractivity contribution in [3.05, 3.63) is 122 Å². The van der Waals surface area contributed by atoms with Gasteiger partial charge in [0.1, 0.15) is 24.1 Å². The smallest absolute Gasteiger partial charge is 0.338 e. The molecule has 11 heteroatoms. The molecule has 0 unspecified atom stereocenters. The van der Waals surface area contributed by atoms with E-state index >= 15 is 0 Å². The van der Waals surface area contributed by atoms with Crippen LogP contribution in [-0.2, 0) is 16.1 Å². The second-order valence-corrected chi connectivity index (χ2v) is 13.2. The zero-order chi connectivity index (χ0) is 30.8. The summed E-state index contributed by atoms with van der Waals surface area (Å²) in [5.41, 5.74) is 2.91. The number of thiazole rings is 1. The lowest BCUT2D eigenvalue weighted by Gasteiger charge is -2.26. The maximum atomic E-state index is 14.0. The highest BCUT2D eigenvalue weighted by atomic mass is 79.9. The third-order valence-electron chi connectivity index (χ3n) is 6.63. The Morgan fingerprint density at radius 3 is 2.49 bits per heavy atom. The topological polar surface area (TPSA) is 79.1 Å². The van der Waals surface area contributed by atoms with Crippen molar-refractivity contribution in [1.82, 2.24) is 4.57 Å². The Hall–Kier alpha value is -3.18. The highest BCUT2D eigenvalue weighted by molar-refractivity contribution is 9.10. The van der Waals surface area contributed by atoms with Crippen molar-refractivity contribution in [1.29, 1.82) is 0 Å². The number of rotatable bonds is 8. The Labute approximate surface area is 274 Å². The predicted octanol–water partition coefficient (Wildman–Crippen LogP) is 6.95. The number of nitrogens with zero attached hydrogens (tertiary/aromatic N) is 2. The monoisotopic (exact) mass is 744 g/mol. The summed E-state index contributed by atoms with van der Waals surface area (Å²) in [5, 5.41) is 0.670. The Kier molecular flexibility index (Phi) is 9.60. The lowest BCUT2D eigenvalue weighted by molar-refractivity contribution is -0.143. The van der Waals surface area contributed by atoms with E-state index in [1.165, 1.54) is 11.3 Å². The summed E-state index contributed by atoms with van der Waals surface area (Å²) in [6.07, 6.45) is 1.46. The molecule has 0 radical (unpaired) electrons. The van der Waals surface area contributed by atoms with Crippen LogP contribution >= 0.6 is 54.8 Å². The van der Waals surface area contributed by atoms with Crippen LogP contribution in [0.3, 0.4) is 0 Å². The second kappa shape index (κ2) is 13.2. The van der Waals surface area contributed by atoms with E-state index < -0.39 is 12.0 Å². The van der Waals surface area contributed by atoms with Gasteiger partial charge in [0.25, 0.3) is 5.56 Å². The molecule has 0 spiro atoms. The fourth-order valence-electron chi connectivity index (χ4n) is 4.69. The molecule has 1 aromatic heterocycles. The number of aromatic nitrogens is 1. The SMILES string of the molecule is COc1ccc(Br)cc1[C@@H]1C(C(=O)OC(C)C)=C(C)N=c2s/c(=C\c3ccc(OCc4ccc(Cl)cc4)c(Br)c3)c(=O)n21. The zero-order valence-electron chi connectivity index (χ0n) is 23.7. The van der Waals surface area contributed by atoms with Crippen molar-refractivity contribution < 1.29 is 19.0 Å². The Morgan fingerprint density at radius 2 is 1.81 bits per heavy atom. The number of benzene rings is 3. The molecule has 1 aliphatic rings. The molecule has 0 aliphatic carbocycles. The van der Waals surface area contributed by atoms with Gasteiger partial charge >= 0.3 is 5.97 Å². The molecule has 0 saturated carbocycles. The molecule has 0 fully saturated rings. The first kappa shape index (κ1) is 31.3. The number of ether oxygens (including phenoxy) is 3. The van der Waals surface area contributed by atoms with Gasteiger partial charge in [-0.2, -0.15) is 0 Å². The number of carbonyl (C=O) groups is 1. The number of allylic oxidation sites excluding steroid dienone is 1. The number of hydrogen-bond acceptors (Lipinski definition) is 7. The molecule has 3 aromatic carbocycles. The van der Waals surface area contributed by atoms with E-state index in [9.17, 15) is 9.59 Å². The first-order valence-electron chi connectivity index (χ1n) is 13.3. The molecule has 43 heavy (non-hydrogen) atoms. The van der Waals surface area contributed by atoms with Crippen LogP contribution in [0.4, 0.5) is 0 Å². The summed E-state index contributed by atoms with van der Waals surface area (Å²) in [4.78, 5) is 32.6. The summed E-state index contributed by atoms with van der Waals surface area (Å²) in [6.45, 7) is 5.70. The Balaban J connectivity index is 1.56. The van der Waals surface area contributed by atoms with Gasteiger partial charge in [0.05, 0.1) is 33.5 Å². The predicted molar refractivity (Wildman–Crippen MR) is 176 cm³/mol. The summed E-state index contributed by atoms with van der Waals surface area (Å²) < 4.78 is 20.8. The van der Waals surface area contributed by atoms with Crippen molar-refractivity contribution in [2.24, 2.45) is 4.99 Å². The highest BCUT2D eigenvalue weighted by Crippen LogP contribution is 2.37. The molecule has 1 aliphatic heterocycles. The molecule has 0 amide bonds. The lowest BCUT2D eigenvalue weighted by atomic mass is 9.95. The van der Waals surface area contributed by atoms with Gasteiger partial charge in [0.15, 0.2) is 4.80 Å². The number of esters is 1. The second-order valence-electron chi connectivity index (χ2n) is 10.0. The molecule has 2 heterocycles. The van der Waals surface area contributed by atoms with Gasteiger partial charge in [-0.1, -0.05) is 57.1 Å². The van der Waals surface area contributed by atoms with Gasteiger partial charge < -0.3 is 14.2 Å². The van der Waals surface area contributed by atoms with Crippen LogP contribution in [0.5, 0.6) is 11.5 Å². The maximum absolute atomic E-state index is 14.0. The summed E-state index contributed by atoms with van der Waals surface area (Å²) in [6, 6.07) is 17.8. The van der Waals surface area contributed by atoms with E-state index in [1.54, 1.807) is 44.6 Å². The molecule has 4 aromatic rings. The summed E-state index contributed by atoms with van der Waals surface area (Å²) >= 11 is 14.4. The summed E-state index contributed by atoms with van der Waals surface area (Å²) in [7, 11) is 1.56. The molecule has 5 rings (SSSR count). The quantitative estimate of drug-likeness (QED) is 0.183. The van der Waals surface area contributed by atoms with Crippen LogP contribution in [0.1, 0.15) is 43.5 Å². The van der Waals surface area contributed by atoms with Gasteiger partial charge in [-0.05, 0) is 96.4 Å². The van der Waals surface area contributed by atoms with E-state index in [-0.39, 0.29) is 17.2 Å². The fourth-order valence-corrected chi connectivity index (χ4v) is 6.75. The minimum atomic E-state index is -0.799. The van der Waals surface area contributed by atoms with Crippen LogP contribution in [-0.4, -0.2) is 23.8 Å². The lowest BCUT2D eigenvalue weighted by Crippen LogP contribution is -2.40. The van der Waals surface area contributed by atoms with Crippen LogP contribution in [0.2, 0.25) is 5.02 Å². The maximum Gasteiger partial charge on any atom is 0.338 e. The summed E-state index contributed by atoms with van der Waals surface area (Å²) in [5.74, 6) is 0.667. The molecule has 0 bridgehead atoms. The van der Waals surface area contributed by atoms with Crippen molar-refractivity contribution in [2.75, 3.05) is 7.11 Å². The van der Waals surface area contributed by atoms with Crippen molar-refractivity contribution in [3.8, 4) is 11.5 Å². The van der Waals surface area contributed by atoms with Crippen molar-refractivity contribution in [3.63, 3.8) is 0 Å². The molecule has 1 atom stereocenters. The van der Waals surface area contributed by atoms with E-state index in [1.807, 2.05) is 54.6 Å². The number of halogens is 3. The highest BCUT2D eigenvalue weighted by Gasteiger charge is 2.35. The minimum Gasteiger partial charge on any atom is -0.496 e. The van der Waals surface area contributed by atoms with Crippen LogP contribution in [0.15, 0.2) is 90.7 Å². The Morgan fingerprint density at radius 1 is 1.09 bits per heavy atom. The van der Waals surface area contributed by atoms with Crippen LogP contribution in [0.25, 0.3) is 6.08 Å². The molecule has 0 saturated heterocycles. The van der Waals surface area contributed by atoms with Gasteiger partial charge in [-0.3, -0.25) is 9.36 Å². The van der Waals surface area contributed by atoms with E-state index in [0.29, 0.717) is 43.7 Å². The number of carbonyl (C=O) groups excluding carboxylic acids is 1. The first-order chi connectivity index (χ1) is 20.5. The van der Waals surface area contributed by atoms with E-state index in [2.05, 4.69) is 36.9 Å². The zero-order valence-corrected chi connectivity index (χ0v) is 28.4. The average molecular weight is 747 g/mol. The van der Waals surface area contributed by atoms with E-state index in [4.69, 9.17) is 25.8 Å². The standard InChI is InChI=1S/C32H27Br2ClN2O5S/c1-17(2)42-31(39)28-18(3)36-32-37(29(28)23-15-21(33)8-12-25(23)40-4)30(38)27(43-32)14-20-7-11-26(24(34)13-20)41-16-19-5-9-22(35)10-6-19/h5-15,17,29H,16H2,1-4H3/b27-14-/t29-/m1/s1. The molecule has 7 nitrogen and oxygen atoms in total. The molecular weight excluding hydrogens is 720 g/mol. The van der Waals surface area contributed by atoms with Gasteiger partial charge in [-0.25, -0.2) is 9.79 Å². The van der Waals surface area contributed by atoms with Crippen LogP contribution in [0, 0.1) is 0 Å². The van der Waals surface area contributed by atoms with E-state index in [0.717, 1.165) is 20.1 Å². The molecular formula is C32H27Br2ClN2O5S.